The summed E-state index contributed by atoms with van der Waals surface area (Å²) >= 11 is 0. The smallest absolute Gasteiger partial charge is 0.377 e. The maximum Gasteiger partial charge on any atom is 0.417 e. The zero-order valence-corrected chi connectivity index (χ0v) is 17.6. The van der Waals surface area contributed by atoms with E-state index in [4.69, 9.17) is 10.00 Å². The van der Waals surface area contributed by atoms with Gasteiger partial charge < -0.3 is 14.7 Å². The third-order valence-electron chi connectivity index (χ3n) is 6.88. The number of benzene rings is 1. The van der Waals surface area contributed by atoms with Crippen LogP contribution < -0.4 is 4.90 Å². The molecule has 3 heterocycles. The summed E-state index contributed by atoms with van der Waals surface area (Å²) < 4.78 is 46.2. The van der Waals surface area contributed by atoms with Crippen molar-refractivity contribution < 1.29 is 37.4 Å². The molecule has 11 heteroatoms. The average molecular weight is 451 g/mol. The number of fused-ring (bicyclic) bond motifs is 5. The van der Waals surface area contributed by atoms with E-state index < -0.39 is 63.7 Å². The zero-order valence-electron chi connectivity index (χ0n) is 17.6. The van der Waals surface area contributed by atoms with Crippen LogP contribution in [0, 0.1) is 23.2 Å². The van der Waals surface area contributed by atoms with Crippen molar-refractivity contribution in [1.82, 2.24) is 4.90 Å². The van der Waals surface area contributed by atoms with Crippen molar-refractivity contribution in [3.05, 3.63) is 29.3 Å². The Morgan fingerprint density at radius 3 is 2.38 bits per heavy atom. The van der Waals surface area contributed by atoms with Crippen LogP contribution in [0.3, 0.4) is 0 Å². The van der Waals surface area contributed by atoms with Gasteiger partial charge in [0.15, 0.2) is 5.60 Å². The fourth-order valence-corrected chi connectivity index (χ4v) is 5.54. The number of anilines is 1. The van der Waals surface area contributed by atoms with Gasteiger partial charge in [-0.2, -0.15) is 18.4 Å². The minimum Gasteiger partial charge on any atom is -0.377 e. The maximum atomic E-state index is 13.4. The second kappa shape index (κ2) is 6.30. The summed E-state index contributed by atoms with van der Waals surface area (Å²) in [7, 11) is 2.86. The van der Waals surface area contributed by atoms with E-state index in [0.717, 1.165) is 17.0 Å². The number of carbonyl (C=O) groups excluding carboxylic acids is 3. The number of alkyl halides is 3. The van der Waals surface area contributed by atoms with Crippen LogP contribution >= 0.6 is 0 Å². The lowest BCUT2D eigenvalue weighted by Gasteiger charge is -2.42. The number of ether oxygens (including phenoxy) is 1. The standard InChI is InChI=1S/C21H20F3N3O5/c1-18-9-20(31,17(30)26(3)4)19(2,32-18)14-13(18)15(28)27(16(14)29)11-6-5-10(8-25)12(7-11)21(22,23)24/h5-7,13-14,31H,9H2,1-4H3/t13-,14+,18-,19-,20-/m1/s1. The average Bonchev–Trinajstić information content (AvgIpc) is 3.19. The first-order chi connectivity index (χ1) is 14.6. The minimum atomic E-state index is -4.87. The second-order valence-electron chi connectivity index (χ2n) is 9.07. The van der Waals surface area contributed by atoms with E-state index in [1.165, 1.54) is 34.0 Å². The van der Waals surface area contributed by atoms with Gasteiger partial charge in [0.05, 0.1) is 40.3 Å². The summed E-state index contributed by atoms with van der Waals surface area (Å²) in [6.07, 6.45) is -5.12. The molecule has 32 heavy (non-hydrogen) atoms. The van der Waals surface area contributed by atoms with Crippen LogP contribution in [0.25, 0.3) is 0 Å². The number of likely N-dealkylation sites (N-methyl/N-ethyl adjacent to an activating group) is 1. The predicted molar refractivity (Wildman–Crippen MR) is 102 cm³/mol. The van der Waals surface area contributed by atoms with Crippen LogP contribution in [-0.4, -0.2) is 58.6 Å². The molecular weight excluding hydrogens is 431 g/mol. The Bertz CT molecular complexity index is 1110. The molecule has 3 aliphatic heterocycles. The van der Waals surface area contributed by atoms with E-state index in [2.05, 4.69) is 0 Å². The number of hydrogen-bond donors (Lipinski definition) is 1. The number of nitrogens with zero attached hydrogens (tertiary/aromatic N) is 3. The van der Waals surface area contributed by atoms with E-state index >= 15 is 0 Å². The molecule has 0 unspecified atom stereocenters. The van der Waals surface area contributed by atoms with E-state index in [0.29, 0.717) is 11.0 Å². The predicted octanol–water partition coefficient (Wildman–Crippen LogP) is 1.45. The molecule has 0 aliphatic carbocycles. The highest BCUT2D eigenvalue weighted by Gasteiger charge is 2.82. The number of hydrogen-bond acceptors (Lipinski definition) is 6. The Balaban J connectivity index is 1.82. The Labute approximate surface area is 181 Å². The Morgan fingerprint density at radius 2 is 1.84 bits per heavy atom. The van der Waals surface area contributed by atoms with E-state index in [-0.39, 0.29) is 12.1 Å². The van der Waals surface area contributed by atoms with Crippen LogP contribution in [0.1, 0.15) is 31.4 Å². The van der Waals surface area contributed by atoms with Crippen LogP contribution in [0.4, 0.5) is 18.9 Å². The number of aliphatic hydroxyl groups is 1. The highest BCUT2D eigenvalue weighted by molar-refractivity contribution is 6.23. The summed E-state index contributed by atoms with van der Waals surface area (Å²) in [6, 6.07) is 4.02. The van der Waals surface area contributed by atoms with Crippen LogP contribution in [0.5, 0.6) is 0 Å². The number of imide groups is 1. The molecule has 0 saturated carbocycles. The number of halogens is 3. The van der Waals surface area contributed by atoms with Crippen molar-refractivity contribution in [2.24, 2.45) is 11.8 Å². The first-order valence-corrected chi connectivity index (χ1v) is 9.76. The first kappa shape index (κ1) is 22.2. The molecular formula is C21H20F3N3O5. The van der Waals surface area contributed by atoms with E-state index in [1.54, 1.807) is 0 Å². The quantitative estimate of drug-likeness (QED) is 0.682. The highest BCUT2D eigenvalue weighted by Crippen LogP contribution is 2.65. The molecule has 2 bridgehead atoms. The number of carbonyl (C=O) groups is 3. The summed E-state index contributed by atoms with van der Waals surface area (Å²) in [5.74, 6) is -4.69. The first-order valence-electron chi connectivity index (χ1n) is 9.76. The van der Waals surface area contributed by atoms with Gasteiger partial charge in [0.25, 0.3) is 5.91 Å². The molecule has 8 nitrogen and oxygen atoms in total. The monoisotopic (exact) mass is 451 g/mol. The molecule has 170 valence electrons. The van der Waals surface area contributed by atoms with Gasteiger partial charge in [-0.1, -0.05) is 0 Å². The third kappa shape index (κ3) is 2.53. The molecule has 0 radical (unpaired) electrons. The molecule has 1 N–H and O–H groups in total. The molecule has 0 spiro atoms. The fourth-order valence-electron chi connectivity index (χ4n) is 5.54. The van der Waals surface area contributed by atoms with E-state index in [1.807, 2.05) is 0 Å². The summed E-state index contributed by atoms with van der Waals surface area (Å²) in [5, 5.41) is 20.3. The number of nitriles is 1. The molecule has 1 aromatic rings. The molecule has 3 fully saturated rings. The van der Waals surface area contributed by atoms with Gasteiger partial charge in [0, 0.05) is 20.5 Å². The summed E-state index contributed by atoms with van der Waals surface area (Å²) in [4.78, 5) is 41.2. The van der Waals surface area contributed by atoms with Crippen molar-refractivity contribution in [2.75, 3.05) is 19.0 Å². The Hall–Kier alpha value is -2.97. The van der Waals surface area contributed by atoms with Crippen molar-refractivity contribution in [3.63, 3.8) is 0 Å². The second-order valence-corrected chi connectivity index (χ2v) is 9.07. The van der Waals surface area contributed by atoms with Crippen LogP contribution in [-0.2, 0) is 25.3 Å². The maximum absolute atomic E-state index is 13.4. The lowest BCUT2D eigenvalue weighted by molar-refractivity contribution is -0.174. The summed E-state index contributed by atoms with van der Waals surface area (Å²) in [6.45, 7) is 2.88. The van der Waals surface area contributed by atoms with Crippen molar-refractivity contribution in [2.45, 2.75) is 43.2 Å². The Morgan fingerprint density at radius 1 is 1.25 bits per heavy atom. The number of rotatable bonds is 2. The lowest BCUT2D eigenvalue weighted by Crippen LogP contribution is -2.64. The lowest BCUT2D eigenvalue weighted by atomic mass is 9.61. The molecule has 5 atom stereocenters. The van der Waals surface area contributed by atoms with Crippen molar-refractivity contribution in [1.29, 1.82) is 5.26 Å². The van der Waals surface area contributed by atoms with Gasteiger partial charge >= 0.3 is 6.18 Å². The Kier molecular flexibility index (Phi) is 4.37. The number of amides is 3. The van der Waals surface area contributed by atoms with Crippen LogP contribution in [0.15, 0.2) is 18.2 Å². The van der Waals surface area contributed by atoms with Gasteiger partial charge in [-0.15, -0.1) is 0 Å². The fraction of sp³-hybridized carbons (Fsp3) is 0.524. The van der Waals surface area contributed by atoms with Gasteiger partial charge in [-0.25, -0.2) is 4.90 Å². The van der Waals surface area contributed by atoms with Gasteiger partial charge in [0.1, 0.15) is 5.60 Å². The topological polar surface area (TPSA) is 111 Å². The van der Waals surface area contributed by atoms with Crippen molar-refractivity contribution >= 4 is 23.4 Å². The van der Waals surface area contributed by atoms with E-state index in [9.17, 15) is 32.7 Å². The molecule has 4 rings (SSSR count). The van der Waals surface area contributed by atoms with Gasteiger partial charge in [0.2, 0.25) is 11.8 Å². The molecule has 0 aromatic heterocycles. The zero-order chi connectivity index (χ0) is 24.0. The minimum absolute atomic E-state index is 0.247. The molecule has 3 saturated heterocycles. The largest absolute Gasteiger partial charge is 0.417 e. The normalized spacial score (nSPS) is 35.8. The molecule has 3 aliphatic rings. The third-order valence-corrected chi connectivity index (χ3v) is 6.88. The van der Waals surface area contributed by atoms with Gasteiger partial charge in [-0.05, 0) is 32.0 Å². The molecule has 1 aromatic carbocycles. The van der Waals surface area contributed by atoms with Crippen LogP contribution in [0.2, 0.25) is 0 Å². The molecule has 3 amide bonds. The van der Waals surface area contributed by atoms with Gasteiger partial charge in [-0.3, -0.25) is 14.4 Å². The summed E-state index contributed by atoms with van der Waals surface area (Å²) in [5.41, 5.74) is -7.48. The van der Waals surface area contributed by atoms with Crippen molar-refractivity contribution in [3.8, 4) is 6.07 Å². The SMILES string of the molecule is CN(C)C(=O)[C@]1(O)C[C@@]2(C)O[C@]1(C)[C@@H]1C(=O)N(c3ccc(C#N)c(C(F)(F)F)c3)C(=O)[C@@H]12. The highest BCUT2D eigenvalue weighted by atomic mass is 19.4.